The first kappa shape index (κ1) is 24.4. The number of ether oxygens (including phenoxy) is 1. The standard InChI is InChI=1S/C27H25ClN2O5/c1-29-24(32)22(15-18-9-4-2-5-10-18)30(23(31)16-19-11-6-3-7-12-19)26(25(29)33)35-27(34)20-13-8-14-21(28)17-20/h2-14,17,22,25-26,33H,15-16H2,1H3/t22-,25+,26-/m0/s1. The quantitative estimate of drug-likeness (QED) is 0.533. The number of nitrogens with zero attached hydrogens (tertiary/aromatic N) is 2. The molecular weight excluding hydrogens is 468 g/mol. The van der Waals surface area contributed by atoms with Crippen LogP contribution in [0.3, 0.4) is 0 Å². The van der Waals surface area contributed by atoms with Crippen LogP contribution in [0.2, 0.25) is 5.02 Å². The van der Waals surface area contributed by atoms with E-state index in [0.29, 0.717) is 5.02 Å². The maximum atomic E-state index is 13.6. The Bertz CT molecular complexity index is 1200. The molecule has 1 saturated heterocycles. The second-order valence-electron chi connectivity index (χ2n) is 8.34. The third-order valence-electron chi connectivity index (χ3n) is 5.94. The Morgan fingerprint density at radius 1 is 0.943 bits per heavy atom. The van der Waals surface area contributed by atoms with Gasteiger partial charge in [0.05, 0.1) is 12.0 Å². The number of amides is 2. The minimum absolute atomic E-state index is 0.0267. The average molecular weight is 493 g/mol. The Kier molecular flexibility index (Phi) is 7.48. The third kappa shape index (κ3) is 5.53. The van der Waals surface area contributed by atoms with Crippen molar-refractivity contribution in [1.29, 1.82) is 0 Å². The van der Waals surface area contributed by atoms with Gasteiger partial charge in [0.25, 0.3) is 0 Å². The minimum atomic E-state index is -1.54. The van der Waals surface area contributed by atoms with Gasteiger partial charge in [-0.25, -0.2) is 4.79 Å². The van der Waals surface area contributed by atoms with E-state index in [4.69, 9.17) is 16.3 Å². The molecule has 0 saturated carbocycles. The van der Waals surface area contributed by atoms with Crippen LogP contribution >= 0.6 is 11.6 Å². The smallest absolute Gasteiger partial charge is 0.340 e. The number of rotatable bonds is 6. The molecule has 1 aliphatic rings. The molecule has 7 nitrogen and oxygen atoms in total. The van der Waals surface area contributed by atoms with Crippen LogP contribution in [-0.2, 0) is 27.2 Å². The highest BCUT2D eigenvalue weighted by Gasteiger charge is 2.49. The summed E-state index contributed by atoms with van der Waals surface area (Å²) in [5.41, 5.74) is 1.73. The number of esters is 1. The molecule has 1 heterocycles. The third-order valence-corrected chi connectivity index (χ3v) is 6.18. The van der Waals surface area contributed by atoms with Crippen molar-refractivity contribution in [2.24, 2.45) is 0 Å². The van der Waals surface area contributed by atoms with E-state index in [1.807, 2.05) is 48.5 Å². The molecule has 0 bridgehead atoms. The van der Waals surface area contributed by atoms with E-state index >= 15 is 0 Å². The van der Waals surface area contributed by atoms with Crippen LogP contribution in [0.1, 0.15) is 21.5 Å². The summed E-state index contributed by atoms with van der Waals surface area (Å²) in [6.07, 6.45) is -2.78. The molecule has 0 radical (unpaired) electrons. The van der Waals surface area contributed by atoms with Gasteiger partial charge in [0, 0.05) is 18.5 Å². The first-order valence-electron chi connectivity index (χ1n) is 11.2. The van der Waals surface area contributed by atoms with Crippen LogP contribution in [0.4, 0.5) is 0 Å². The van der Waals surface area contributed by atoms with Crippen LogP contribution in [0.5, 0.6) is 0 Å². The Balaban J connectivity index is 1.70. The summed E-state index contributed by atoms with van der Waals surface area (Å²) < 4.78 is 5.67. The maximum absolute atomic E-state index is 13.6. The lowest BCUT2D eigenvalue weighted by molar-refractivity contribution is -0.203. The highest BCUT2D eigenvalue weighted by Crippen LogP contribution is 2.27. The molecule has 0 spiro atoms. The highest BCUT2D eigenvalue weighted by atomic mass is 35.5. The number of carbonyl (C=O) groups excluding carboxylic acids is 3. The lowest BCUT2D eigenvalue weighted by Crippen LogP contribution is -2.68. The topological polar surface area (TPSA) is 87.2 Å². The summed E-state index contributed by atoms with van der Waals surface area (Å²) in [6, 6.07) is 23.5. The number of halogens is 1. The van der Waals surface area contributed by atoms with Gasteiger partial charge in [-0.05, 0) is 29.3 Å². The molecule has 2 amide bonds. The largest absolute Gasteiger partial charge is 0.433 e. The van der Waals surface area contributed by atoms with Gasteiger partial charge in [-0.2, -0.15) is 0 Å². The normalized spacial score (nSPS) is 20.0. The fraction of sp³-hybridized carbons (Fsp3) is 0.222. The second kappa shape index (κ2) is 10.7. The van der Waals surface area contributed by atoms with E-state index in [1.165, 1.54) is 24.1 Å². The zero-order valence-electron chi connectivity index (χ0n) is 19.1. The van der Waals surface area contributed by atoms with Gasteiger partial charge in [-0.1, -0.05) is 78.3 Å². The number of hydrogen-bond donors (Lipinski definition) is 1. The van der Waals surface area contributed by atoms with E-state index in [-0.39, 0.29) is 18.4 Å². The van der Waals surface area contributed by atoms with Crippen LogP contribution in [0.15, 0.2) is 84.9 Å². The first-order chi connectivity index (χ1) is 16.8. The van der Waals surface area contributed by atoms with Crippen LogP contribution in [-0.4, -0.2) is 58.2 Å². The molecule has 4 rings (SSSR count). The highest BCUT2D eigenvalue weighted by molar-refractivity contribution is 6.30. The Morgan fingerprint density at radius 3 is 2.20 bits per heavy atom. The summed E-state index contributed by atoms with van der Waals surface area (Å²) in [7, 11) is 1.42. The molecule has 180 valence electrons. The van der Waals surface area contributed by atoms with Gasteiger partial charge in [0.15, 0.2) is 6.23 Å². The minimum Gasteiger partial charge on any atom is -0.433 e. The molecule has 3 aromatic carbocycles. The monoisotopic (exact) mass is 492 g/mol. The average Bonchev–Trinajstić information content (AvgIpc) is 2.86. The van der Waals surface area contributed by atoms with E-state index in [2.05, 4.69) is 0 Å². The molecule has 1 N–H and O–H groups in total. The molecule has 3 atom stereocenters. The number of piperazine rings is 1. The lowest BCUT2D eigenvalue weighted by atomic mass is 9.99. The fourth-order valence-electron chi connectivity index (χ4n) is 4.11. The number of hydrogen-bond acceptors (Lipinski definition) is 5. The molecular formula is C27H25ClN2O5. The van der Waals surface area contributed by atoms with Crippen molar-refractivity contribution < 1.29 is 24.2 Å². The molecule has 8 heteroatoms. The summed E-state index contributed by atoms with van der Waals surface area (Å²) in [6.45, 7) is 0. The number of benzene rings is 3. The van der Waals surface area contributed by atoms with Gasteiger partial charge >= 0.3 is 5.97 Å². The predicted octanol–water partition coefficient (Wildman–Crippen LogP) is 3.30. The van der Waals surface area contributed by atoms with Crippen molar-refractivity contribution in [2.45, 2.75) is 31.3 Å². The van der Waals surface area contributed by atoms with Crippen LogP contribution in [0, 0.1) is 0 Å². The first-order valence-corrected chi connectivity index (χ1v) is 11.5. The zero-order chi connectivity index (χ0) is 24.9. The summed E-state index contributed by atoms with van der Waals surface area (Å²) in [5, 5.41) is 11.3. The van der Waals surface area contributed by atoms with Crippen molar-refractivity contribution in [3.05, 3.63) is 107 Å². The van der Waals surface area contributed by atoms with Crippen molar-refractivity contribution in [3.63, 3.8) is 0 Å². The van der Waals surface area contributed by atoms with Crippen molar-refractivity contribution in [3.8, 4) is 0 Å². The van der Waals surface area contributed by atoms with Gasteiger partial charge in [0.1, 0.15) is 6.04 Å². The van der Waals surface area contributed by atoms with E-state index < -0.39 is 36.3 Å². The van der Waals surface area contributed by atoms with Crippen LogP contribution < -0.4 is 0 Å². The number of aliphatic hydroxyl groups excluding tert-OH is 1. The second-order valence-corrected chi connectivity index (χ2v) is 8.77. The number of likely N-dealkylation sites (N-methyl/N-ethyl adjacent to an activating group) is 1. The molecule has 0 unspecified atom stereocenters. The SMILES string of the molecule is CN1C(=O)[C@H](Cc2ccccc2)N(C(=O)Cc2ccccc2)[C@@H](OC(=O)c2cccc(Cl)c2)[C@H]1O. The zero-order valence-corrected chi connectivity index (χ0v) is 19.8. The Labute approximate surface area is 208 Å². The van der Waals surface area contributed by atoms with E-state index in [1.54, 1.807) is 24.3 Å². The molecule has 0 aliphatic carbocycles. The van der Waals surface area contributed by atoms with Crippen molar-refractivity contribution >= 4 is 29.4 Å². The Hall–Kier alpha value is -3.68. The van der Waals surface area contributed by atoms with Crippen molar-refractivity contribution in [1.82, 2.24) is 9.80 Å². The molecule has 0 aromatic heterocycles. The summed E-state index contributed by atoms with van der Waals surface area (Å²) in [4.78, 5) is 42.1. The summed E-state index contributed by atoms with van der Waals surface area (Å²) >= 11 is 6.01. The lowest BCUT2D eigenvalue weighted by Gasteiger charge is -2.47. The van der Waals surface area contributed by atoms with Gasteiger partial charge in [-0.3, -0.25) is 14.5 Å². The molecule has 1 fully saturated rings. The molecule has 1 aliphatic heterocycles. The van der Waals surface area contributed by atoms with Crippen LogP contribution in [0.25, 0.3) is 0 Å². The molecule has 35 heavy (non-hydrogen) atoms. The predicted molar refractivity (Wildman–Crippen MR) is 130 cm³/mol. The van der Waals surface area contributed by atoms with E-state index in [9.17, 15) is 19.5 Å². The number of aliphatic hydroxyl groups is 1. The van der Waals surface area contributed by atoms with Crippen molar-refractivity contribution in [2.75, 3.05) is 7.05 Å². The van der Waals surface area contributed by atoms with E-state index in [0.717, 1.165) is 16.0 Å². The van der Waals surface area contributed by atoms with Gasteiger partial charge < -0.3 is 14.7 Å². The van der Waals surface area contributed by atoms with Gasteiger partial charge in [0.2, 0.25) is 18.0 Å². The summed E-state index contributed by atoms with van der Waals surface area (Å²) in [5.74, 6) is -1.66. The fourth-order valence-corrected chi connectivity index (χ4v) is 4.30. The number of carbonyl (C=O) groups is 3. The Morgan fingerprint density at radius 2 is 1.57 bits per heavy atom. The maximum Gasteiger partial charge on any atom is 0.340 e. The molecule has 3 aromatic rings. The van der Waals surface area contributed by atoms with Gasteiger partial charge in [-0.15, -0.1) is 0 Å².